The molecule has 0 saturated heterocycles. The lowest BCUT2D eigenvalue weighted by molar-refractivity contribution is 0.101. The highest BCUT2D eigenvalue weighted by Gasteiger charge is 2.15. The Labute approximate surface area is 120 Å². The number of ketones is 1. The van der Waals surface area contributed by atoms with E-state index < -0.39 is 28.5 Å². The lowest BCUT2D eigenvalue weighted by Crippen LogP contribution is -2.34. The number of nitrogens with zero attached hydrogens (tertiary/aromatic N) is 2. The minimum atomic E-state index is -0.986. The van der Waals surface area contributed by atoms with Crippen molar-refractivity contribution in [1.29, 1.82) is 0 Å². The molecule has 21 heavy (non-hydrogen) atoms. The number of aromatic nitrogens is 3. The zero-order chi connectivity index (χ0) is 15.6. The minimum absolute atomic E-state index is 0.0877. The van der Waals surface area contributed by atoms with E-state index in [1.165, 1.54) is 11.7 Å². The third-order valence-electron chi connectivity index (χ3n) is 2.51. The summed E-state index contributed by atoms with van der Waals surface area (Å²) >= 11 is 0.830. The van der Waals surface area contributed by atoms with Crippen LogP contribution >= 0.6 is 11.8 Å². The summed E-state index contributed by atoms with van der Waals surface area (Å²) in [7, 11) is 1.43. The van der Waals surface area contributed by atoms with Gasteiger partial charge < -0.3 is 0 Å². The molecule has 0 aliphatic heterocycles. The summed E-state index contributed by atoms with van der Waals surface area (Å²) in [5, 5.41) is 2.30. The summed E-state index contributed by atoms with van der Waals surface area (Å²) in [6.45, 7) is 0. The average Bonchev–Trinajstić information content (AvgIpc) is 2.43. The summed E-state index contributed by atoms with van der Waals surface area (Å²) in [5.74, 6) is -2.46. The lowest BCUT2D eigenvalue weighted by Gasteiger charge is -2.06. The van der Waals surface area contributed by atoms with Crippen molar-refractivity contribution >= 4 is 17.5 Å². The maximum absolute atomic E-state index is 13.4. The zero-order valence-electron chi connectivity index (χ0n) is 10.7. The van der Waals surface area contributed by atoms with Gasteiger partial charge in [-0.1, -0.05) is 11.8 Å². The standard InChI is InChI=1S/C12H9F2N3O3S/c1-17-12(15-10(19)11(20)16-17)21-5-9(18)7-4-6(13)2-3-8(7)14/h2-4H,5H2,1H3,(H,16,20). The van der Waals surface area contributed by atoms with Crippen LogP contribution in [0.1, 0.15) is 10.4 Å². The number of aromatic amines is 1. The number of hydrogen-bond donors (Lipinski definition) is 1. The van der Waals surface area contributed by atoms with E-state index in [9.17, 15) is 23.2 Å². The Morgan fingerprint density at radius 3 is 2.81 bits per heavy atom. The average molecular weight is 313 g/mol. The molecule has 0 radical (unpaired) electrons. The predicted molar refractivity (Wildman–Crippen MR) is 71.5 cm³/mol. The number of benzene rings is 1. The van der Waals surface area contributed by atoms with Crippen molar-refractivity contribution in [3.8, 4) is 0 Å². The van der Waals surface area contributed by atoms with E-state index in [4.69, 9.17) is 0 Å². The number of thioether (sulfide) groups is 1. The van der Waals surface area contributed by atoms with E-state index >= 15 is 0 Å². The molecule has 1 aromatic heterocycles. The van der Waals surface area contributed by atoms with E-state index in [0.29, 0.717) is 0 Å². The van der Waals surface area contributed by atoms with Gasteiger partial charge in [-0.15, -0.1) is 0 Å². The summed E-state index contributed by atoms with van der Waals surface area (Å²) in [6, 6.07) is 2.57. The highest BCUT2D eigenvalue weighted by Crippen LogP contribution is 2.16. The van der Waals surface area contributed by atoms with E-state index in [1.807, 2.05) is 0 Å². The summed E-state index contributed by atoms with van der Waals surface area (Å²) in [4.78, 5) is 37.5. The molecule has 1 aromatic carbocycles. The molecule has 0 saturated carbocycles. The van der Waals surface area contributed by atoms with Gasteiger partial charge in [0, 0.05) is 7.05 Å². The molecule has 0 atom stereocenters. The number of H-pyrrole nitrogens is 1. The van der Waals surface area contributed by atoms with E-state index in [1.54, 1.807) is 0 Å². The molecule has 1 N–H and O–H groups in total. The first-order valence-electron chi connectivity index (χ1n) is 5.67. The van der Waals surface area contributed by atoms with Gasteiger partial charge in [0.05, 0.1) is 11.3 Å². The van der Waals surface area contributed by atoms with E-state index in [0.717, 1.165) is 30.0 Å². The monoisotopic (exact) mass is 313 g/mol. The topological polar surface area (TPSA) is 84.8 Å². The van der Waals surface area contributed by atoms with Gasteiger partial charge in [-0.3, -0.25) is 24.2 Å². The highest BCUT2D eigenvalue weighted by molar-refractivity contribution is 7.99. The molecule has 1 heterocycles. The predicted octanol–water partition coefficient (Wildman–Crippen LogP) is 0.722. The van der Waals surface area contributed by atoms with Crippen LogP contribution in [0.15, 0.2) is 32.9 Å². The second-order valence-electron chi connectivity index (χ2n) is 4.04. The van der Waals surface area contributed by atoms with Crippen molar-refractivity contribution in [1.82, 2.24) is 14.8 Å². The third kappa shape index (κ3) is 3.43. The minimum Gasteiger partial charge on any atom is -0.293 e. The molecule has 0 spiro atoms. The number of carbonyl (C=O) groups excluding carboxylic acids is 1. The molecule has 2 aromatic rings. The third-order valence-corrected chi connectivity index (χ3v) is 3.54. The van der Waals surface area contributed by atoms with Crippen LogP contribution in [0.4, 0.5) is 8.78 Å². The Kier molecular flexibility index (Phi) is 4.32. The fraction of sp³-hybridized carbons (Fsp3) is 0.167. The first-order valence-corrected chi connectivity index (χ1v) is 6.65. The van der Waals surface area contributed by atoms with Gasteiger partial charge in [-0.05, 0) is 18.2 Å². The SMILES string of the molecule is Cn1[nH]c(=O)c(=O)nc1SCC(=O)c1cc(F)ccc1F. The van der Waals surface area contributed by atoms with Crippen molar-refractivity contribution in [3.05, 3.63) is 56.1 Å². The number of aryl methyl sites for hydroxylation is 1. The second kappa shape index (κ2) is 6.00. The summed E-state index contributed by atoms with van der Waals surface area (Å²) < 4.78 is 27.6. The molecule has 6 nitrogen and oxygen atoms in total. The van der Waals surface area contributed by atoms with Crippen LogP contribution in [0.5, 0.6) is 0 Å². The van der Waals surface area contributed by atoms with Crippen molar-refractivity contribution in [2.75, 3.05) is 5.75 Å². The van der Waals surface area contributed by atoms with E-state index in [2.05, 4.69) is 10.1 Å². The molecular weight excluding hydrogens is 304 g/mol. The number of halogens is 2. The summed E-state index contributed by atoms with van der Waals surface area (Å²) in [5.41, 5.74) is -2.25. The molecule has 110 valence electrons. The largest absolute Gasteiger partial charge is 0.339 e. The first-order chi connectivity index (χ1) is 9.88. The Balaban J connectivity index is 2.18. The molecular formula is C12H9F2N3O3S. The van der Waals surface area contributed by atoms with Gasteiger partial charge in [-0.25, -0.2) is 8.78 Å². The highest BCUT2D eigenvalue weighted by atomic mass is 32.2. The fourth-order valence-electron chi connectivity index (χ4n) is 1.51. The molecule has 9 heteroatoms. The van der Waals surface area contributed by atoms with Crippen LogP contribution in [0.25, 0.3) is 0 Å². The quantitative estimate of drug-likeness (QED) is 0.511. The van der Waals surface area contributed by atoms with Crippen LogP contribution in [0.2, 0.25) is 0 Å². The Morgan fingerprint density at radius 1 is 1.38 bits per heavy atom. The van der Waals surface area contributed by atoms with Gasteiger partial charge >= 0.3 is 11.1 Å². The number of hydrogen-bond acceptors (Lipinski definition) is 5. The van der Waals surface area contributed by atoms with Gasteiger partial charge in [0.15, 0.2) is 10.9 Å². The van der Waals surface area contributed by atoms with Gasteiger partial charge in [0.25, 0.3) is 0 Å². The number of Topliss-reactive ketones (excluding diaryl/α,β-unsaturated/α-hetero) is 1. The number of carbonyl (C=O) groups is 1. The van der Waals surface area contributed by atoms with Crippen LogP contribution < -0.4 is 11.1 Å². The maximum atomic E-state index is 13.4. The Hall–Kier alpha value is -2.29. The normalized spacial score (nSPS) is 10.6. The van der Waals surface area contributed by atoms with E-state index in [-0.39, 0.29) is 16.5 Å². The maximum Gasteiger partial charge on any atom is 0.339 e. The molecule has 0 aliphatic carbocycles. The van der Waals surface area contributed by atoms with Crippen molar-refractivity contribution in [2.45, 2.75) is 5.16 Å². The second-order valence-corrected chi connectivity index (χ2v) is 4.98. The Bertz CT molecular complexity index is 816. The molecule has 0 fully saturated rings. The van der Waals surface area contributed by atoms with Gasteiger partial charge in [-0.2, -0.15) is 4.98 Å². The molecule has 0 unspecified atom stereocenters. The molecule has 0 aliphatic rings. The van der Waals surface area contributed by atoms with Crippen LogP contribution in [0, 0.1) is 11.6 Å². The first kappa shape index (κ1) is 15.1. The molecule has 0 bridgehead atoms. The van der Waals surface area contributed by atoms with Crippen LogP contribution in [0.3, 0.4) is 0 Å². The van der Waals surface area contributed by atoms with Crippen LogP contribution in [-0.4, -0.2) is 26.3 Å². The van der Waals surface area contributed by atoms with Crippen molar-refractivity contribution in [2.24, 2.45) is 7.05 Å². The number of rotatable bonds is 4. The van der Waals surface area contributed by atoms with Crippen molar-refractivity contribution < 1.29 is 13.6 Å². The lowest BCUT2D eigenvalue weighted by atomic mass is 10.1. The number of nitrogens with one attached hydrogen (secondary N) is 1. The fourth-order valence-corrected chi connectivity index (χ4v) is 2.31. The molecule has 0 amide bonds. The Morgan fingerprint density at radius 2 is 2.10 bits per heavy atom. The molecule has 2 rings (SSSR count). The van der Waals surface area contributed by atoms with Crippen molar-refractivity contribution in [3.63, 3.8) is 0 Å². The van der Waals surface area contributed by atoms with Crippen LogP contribution in [-0.2, 0) is 7.05 Å². The zero-order valence-corrected chi connectivity index (χ0v) is 11.5. The van der Waals surface area contributed by atoms with Gasteiger partial charge in [0.1, 0.15) is 11.6 Å². The summed E-state index contributed by atoms with van der Waals surface area (Å²) in [6.07, 6.45) is 0. The van der Waals surface area contributed by atoms with Gasteiger partial charge in [0.2, 0.25) is 0 Å². The smallest absolute Gasteiger partial charge is 0.293 e.